The summed E-state index contributed by atoms with van der Waals surface area (Å²) in [6, 6.07) is -1.43. The van der Waals surface area contributed by atoms with E-state index in [-0.39, 0.29) is 13.0 Å². The Morgan fingerprint density at radius 2 is 2.06 bits per heavy atom. The van der Waals surface area contributed by atoms with Crippen molar-refractivity contribution in [2.24, 2.45) is 0 Å². The normalized spacial score (nSPS) is 11.8. The molecule has 1 rings (SSSR count). The molecular formula is C9H12N4O5. The molecule has 0 unspecified atom stereocenters. The van der Waals surface area contributed by atoms with Crippen molar-refractivity contribution in [1.82, 2.24) is 20.3 Å². The maximum atomic E-state index is 11.4. The zero-order valence-electron chi connectivity index (χ0n) is 9.31. The summed E-state index contributed by atoms with van der Waals surface area (Å²) >= 11 is 0. The number of hydrogen-bond donors (Lipinski definition) is 3. The first-order valence-electron chi connectivity index (χ1n) is 5.07. The first-order valence-corrected chi connectivity index (χ1v) is 5.07. The minimum Gasteiger partial charge on any atom is -0.481 e. The van der Waals surface area contributed by atoms with Crippen LogP contribution in [0.4, 0.5) is 0 Å². The molecule has 0 saturated heterocycles. The zero-order valence-corrected chi connectivity index (χ0v) is 9.31. The van der Waals surface area contributed by atoms with E-state index in [1.54, 1.807) is 6.20 Å². The van der Waals surface area contributed by atoms with Gasteiger partial charge in [0.25, 0.3) is 0 Å². The van der Waals surface area contributed by atoms with E-state index in [2.05, 4.69) is 15.6 Å². The molecule has 9 heteroatoms. The molecule has 3 N–H and O–H groups in total. The number of amides is 1. The van der Waals surface area contributed by atoms with Crippen LogP contribution in [0.25, 0.3) is 0 Å². The fraction of sp³-hybridized carbons (Fsp3) is 0.444. The average molecular weight is 256 g/mol. The molecule has 0 radical (unpaired) electrons. The van der Waals surface area contributed by atoms with Crippen molar-refractivity contribution in [3.63, 3.8) is 0 Å². The first kappa shape index (κ1) is 13.6. The number of aryl methyl sites for hydroxylation is 1. The summed E-state index contributed by atoms with van der Waals surface area (Å²) in [7, 11) is 0. The highest BCUT2D eigenvalue weighted by Gasteiger charge is 2.22. The van der Waals surface area contributed by atoms with Gasteiger partial charge in [0, 0.05) is 12.6 Å². The lowest BCUT2D eigenvalue weighted by Crippen LogP contribution is -2.42. The second-order valence-electron chi connectivity index (χ2n) is 3.47. The fourth-order valence-corrected chi connectivity index (χ4v) is 1.21. The number of carboxylic acid groups (broad SMARTS) is 2. The zero-order chi connectivity index (χ0) is 13.5. The third-order valence-electron chi connectivity index (χ3n) is 2.05. The van der Waals surface area contributed by atoms with Gasteiger partial charge in [-0.15, -0.1) is 5.10 Å². The number of nitrogens with zero attached hydrogens (tertiary/aromatic N) is 3. The third kappa shape index (κ3) is 4.60. The SMILES string of the molecule is O=C(O)C[C@H](NC(=O)CCn1ccnn1)C(=O)O. The minimum absolute atomic E-state index is 0.00718. The quantitative estimate of drug-likeness (QED) is 0.552. The highest BCUT2D eigenvalue weighted by Crippen LogP contribution is 1.95. The Bertz CT molecular complexity index is 430. The van der Waals surface area contributed by atoms with Crippen molar-refractivity contribution >= 4 is 17.8 Å². The third-order valence-corrected chi connectivity index (χ3v) is 2.05. The summed E-state index contributed by atoms with van der Waals surface area (Å²) in [4.78, 5) is 32.5. The molecule has 0 aliphatic carbocycles. The van der Waals surface area contributed by atoms with E-state index >= 15 is 0 Å². The van der Waals surface area contributed by atoms with Crippen LogP contribution in [0.5, 0.6) is 0 Å². The van der Waals surface area contributed by atoms with Gasteiger partial charge in [0.15, 0.2) is 0 Å². The van der Waals surface area contributed by atoms with E-state index in [0.717, 1.165) is 0 Å². The van der Waals surface area contributed by atoms with Gasteiger partial charge in [0.1, 0.15) is 6.04 Å². The first-order chi connectivity index (χ1) is 8.49. The van der Waals surface area contributed by atoms with Gasteiger partial charge >= 0.3 is 11.9 Å². The summed E-state index contributed by atoms with van der Waals surface area (Å²) in [6.07, 6.45) is 2.33. The van der Waals surface area contributed by atoms with Gasteiger partial charge in [-0.1, -0.05) is 5.21 Å². The van der Waals surface area contributed by atoms with Crippen molar-refractivity contribution in [1.29, 1.82) is 0 Å². The van der Waals surface area contributed by atoms with Gasteiger partial charge in [0.2, 0.25) is 5.91 Å². The molecule has 0 aliphatic heterocycles. The van der Waals surface area contributed by atoms with Crippen molar-refractivity contribution in [3.05, 3.63) is 12.4 Å². The van der Waals surface area contributed by atoms with Crippen molar-refractivity contribution < 1.29 is 24.6 Å². The van der Waals surface area contributed by atoms with E-state index in [9.17, 15) is 14.4 Å². The summed E-state index contributed by atoms with van der Waals surface area (Å²) in [5, 5.41) is 26.5. The van der Waals surface area contributed by atoms with E-state index in [0.29, 0.717) is 0 Å². The van der Waals surface area contributed by atoms with Gasteiger partial charge < -0.3 is 15.5 Å². The van der Waals surface area contributed by atoms with E-state index in [1.165, 1.54) is 10.9 Å². The highest BCUT2D eigenvalue weighted by molar-refractivity contribution is 5.86. The molecule has 18 heavy (non-hydrogen) atoms. The Labute approximate surface area is 101 Å². The molecule has 1 aromatic heterocycles. The predicted octanol–water partition coefficient (Wildman–Crippen LogP) is -1.29. The molecule has 0 saturated carbocycles. The number of carboxylic acids is 2. The van der Waals surface area contributed by atoms with Crippen molar-refractivity contribution in [2.45, 2.75) is 25.4 Å². The molecule has 0 aliphatic rings. The second kappa shape index (κ2) is 6.33. The Kier molecular flexibility index (Phi) is 4.78. The molecule has 9 nitrogen and oxygen atoms in total. The second-order valence-corrected chi connectivity index (χ2v) is 3.47. The van der Waals surface area contributed by atoms with Crippen LogP contribution in [-0.2, 0) is 20.9 Å². The van der Waals surface area contributed by atoms with Crippen molar-refractivity contribution in [2.75, 3.05) is 0 Å². The number of hydrogen-bond acceptors (Lipinski definition) is 5. The lowest BCUT2D eigenvalue weighted by molar-refractivity contribution is -0.147. The molecule has 0 bridgehead atoms. The van der Waals surface area contributed by atoms with Gasteiger partial charge in [-0.25, -0.2) is 4.79 Å². The smallest absolute Gasteiger partial charge is 0.326 e. The van der Waals surface area contributed by atoms with Gasteiger partial charge in [-0.05, 0) is 0 Å². The number of aromatic nitrogens is 3. The van der Waals surface area contributed by atoms with E-state index < -0.39 is 30.3 Å². The fourth-order valence-electron chi connectivity index (χ4n) is 1.21. The molecule has 1 amide bonds. The molecule has 1 heterocycles. The number of rotatable bonds is 7. The molecule has 0 fully saturated rings. The number of carbonyl (C=O) groups is 3. The molecule has 1 aromatic rings. The van der Waals surface area contributed by atoms with Crippen LogP contribution in [0.3, 0.4) is 0 Å². The van der Waals surface area contributed by atoms with Crippen LogP contribution in [0, 0.1) is 0 Å². The molecule has 0 aromatic carbocycles. The summed E-state index contributed by atoms with van der Waals surface area (Å²) in [6.45, 7) is 0.241. The topological polar surface area (TPSA) is 134 Å². The van der Waals surface area contributed by atoms with Gasteiger partial charge in [-0.2, -0.15) is 0 Å². The summed E-state index contributed by atoms with van der Waals surface area (Å²) in [5.74, 6) is -3.23. The maximum absolute atomic E-state index is 11.4. The van der Waals surface area contributed by atoms with Crippen LogP contribution in [0.2, 0.25) is 0 Å². The van der Waals surface area contributed by atoms with Gasteiger partial charge in [0.05, 0.1) is 19.2 Å². The number of nitrogens with one attached hydrogen (secondary N) is 1. The molecular weight excluding hydrogens is 244 g/mol. The van der Waals surface area contributed by atoms with Crippen LogP contribution < -0.4 is 5.32 Å². The minimum atomic E-state index is -1.43. The average Bonchev–Trinajstić information content (AvgIpc) is 2.77. The molecule has 1 atom stereocenters. The Hall–Kier alpha value is -2.45. The van der Waals surface area contributed by atoms with E-state index in [4.69, 9.17) is 10.2 Å². The highest BCUT2D eigenvalue weighted by atomic mass is 16.4. The number of carbonyl (C=O) groups excluding carboxylic acids is 1. The Morgan fingerprint density at radius 1 is 1.33 bits per heavy atom. The predicted molar refractivity (Wildman–Crippen MR) is 56.5 cm³/mol. The summed E-state index contributed by atoms with van der Waals surface area (Å²) < 4.78 is 1.41. The Morgan fingerprint density at radius 3 is 2.56 bits per heavy atom. The summed E-state index contributed by atoms with van der Waals surface area (Å²) in [5.41, 5.74) is 0. The Balaban J connectivity index is 2.41. The van der Waals surface area contributed by atoms with Crippen LogP contribution >= 0.6 is 0 Å². The molecule has 0 spiro atoms. The number of aliphatic carboxylic acids is 2. The van der Waals surface area contributed by atoms with Crippen molar-refractivity contribution in [3.8, 4) is 0 Å². The standard InChI is InChI=1S/C9H12N4O5/c14-7(1-3-13-4-2-10-12-13)11-6(9(17)18)5-8(15)16/h2,4,6H,1,3,5H2,(H,11,14)(H,15,16)(H,17,18)/t6-/m0/s1. The lowest BCUT2D eigenvalue weighted by atomic mass is 10.2. The largest absolute Gasteiger partial charge is 0.481 e. The van der Waals surface area contributed by atoms with Crippen LogP contribution in [0.1, 0.15) is 12.8 Å². The van der Waals surface area contributed by atoms with Crippen LogP contribution in [0.15, 0.2) is 12.4 Å². The molecule has 98 valence electrons. The monoisotopic (exact) mass is 256 g/mol. The maximum Gasteiger partial charge on any atom is 0.326 e. The lowest BCUT2D eigenvalue weighted by Gasteiger charge is -2.12. The van der Waals surface area contributed by atoms with Gasteiger partial charge in [-0.3, -0.25) is 14.3 Å². The van der Waals surface area contributed by atoms with E-state index in [1.807, 2.05) is 0 Å². The van der Waals surface area contributed by atoms with Crippen LogP contribution in [-0.4, -0.2) is 49.1 Å².